The molecule has 7 heteroatoms. The molecule has 0 radical (unpaired) electrons. The normalized spacial score (nSPS) is 12.5. The van der Waals surface area contributed by atoms with Crippen LogP contribution in [-0.2, 0) is 0 Å². The maximum atomic E-state index is 5.02. The monoisotopic (exact) mass is 482 g/mol. The van der Waals surface area contributed by atoms with Gasteiger partial charge in [0.1, 0.15) is 5.82 Å². The van der Waals surface area contributed by atoms with Crippen LogP contribution in [0.25, 0.3) is 33.2 Å². The Morgan fingerprint density at radius 1 is 0.886 bits per heavy atom. The van der Waals surface area contributed by atoms with Crippen molar-refractivity contribution in [2.75, 3.05) is 5.32 Å². The van der Waals surface area contributed by atoms with Gasteiger partial charge in [0.2, 0.25) is 0 Å². The zero-order chi connectivity index (χ0) is 24.7. The van der Waals surface area contributed by atoms with Crippen LogP contribution >= 0.6 is 0 Å². The summed E-state index contributed by atoms with van der Waals surface area (Å²) < 4.78 is 2.54. The average molecular weight is 483 g/mol. The smallest absolute Gasteiger partial charge is 0.168 e. The second-order valence-electron chi connectivity index (χ2n) is 10.4. The van der Waals surface area contributed by atoms with Gasteiger partial charge in [-0.3, -0.25) is 5.10 Å². The predicted molar refractivity (Wildman–Crippen MR) is 149 cm³/mol. The molecule has 0 saturated carbocycles. The minimum absolute atomic E-state index is 0.621. The summed E-state index contributed by atoms with van der Waals surface area (Å²) in [6.07, 6.45) is 6.39. The summed E-state index contributed by atoms with van der Waals surface area (Å²) in [5.74, 6) is 1.55. The highest BCUT2D eigenvalue weighted by Gasteiger charge is 2.45. The maximum absolute atomic E-state index is 5.02. The van der Waals surface area contributed by atoms with E-state index in [2.05, 4.69) is 97.9 Å². The molecule has 5 aromatic rings. The first-order valence-corrected chi connectivity index (χ1v) is 14.6. The molecule has 2 aromatic carbocycles. The second kappa shape index (κ2) is 8.96. The highest BCUT2D eigenvalue weighted by atomic mass is 28.3. The maximum Gasteiger partial charge on any atom is 0.168 e. The average Bonchev–Trinajstić information content (AvgIpc) is 3.48. The zero-order valence-corrected chi connectivity index (χ0v) is 22.4. The summed E-state index contributed by atoms with van der Waals surface area (Å²) in [7, 11) is -1.83. The first-order chi connectivity index (χ1) is 16.8. The van der Waals surface area contributed by atoms with Crippen molar-refractivity contribution in [3.8, 4) is 11.4 Å². The first-order valence-electron chi connectivity index (χ1n) is 12.5. The van der Waals surface area contributed by atoms with Gasteiger partial charge in [0, 0.05) is 28.2 Å². The number of anilines is 2. The molecule has 5 rings (SSSR count). The first kappa shape index (κ1) is 23.3. The van der Waals surface area contributed by atoms with Crippen molar-refractivity contribution < 1.29 is 0 Å². The SMILES string of the molecule is CC(C)[Si](C(C)C)(C(C)C)n1ccc(-c2nc(Nc3ccc4[nH]ncc4c3)c3ccccc3n2)c1. The van der Waals surface area contributed by atoms with Crippen LogP contribution in [0.3, 0.4) is 0 Å². The van der Waals surface area contributed by atoms with E-state index in [-0.39, 0.29) is 0 Å². The molecular formula is C28H34N6Si. The number of nitrogens with zero attached hydrogens (tertiary/aromatic N) is 4. The summed E-state index contributed by atoms with van der Waals surface area (Å²) in [4.78, 5) is 9.98. The fraction of sp³-hybridized carbons (Fsp3) is 0.321. The summed E-state index contributed by atoms with van der Waals surface area (Å²) in [6, 6.07) is 16.5. The Kier molecular flexibility index (Phi) is 5.97. The third kappa shape index (κ3) is 3.93. The molecule has 180 valence electrons. The molecule has 0 unspecified atom stereocenters. The number of para-hydroxylation sites is 1. The lowest BCUT2D eigenvalue weighted by Crippen LogP contribution is -2.51. The fourth-order valence-electron chi connectivity index (χ4n) is 6.12. The number of aromatic nitrogens is 5. The van der Waals surface area contributed by atoms with Crippen LogP contribution in [0.4, 0.5) is 11.5 Å². The molecule has 0 amide bonds. The molecule has 0 saturated heterocycles. The lowest BCUT2D eigenvalue weighted by atomic mass is 10.2. The van der Waals surface area contributed by atoms with Crippen molar-refractivity contribution in [2.24, 2.45) is 0 Å². The fourth-order valence-corrected chi connectivity index (χ4v) is 12.6. The van der Waals surface area contributed by atoms with Crippen molar-refractivity contribution >= 4 is 41.5 Å². The second-order valence-corrected chi connectivity index (χ2v) is 16.1. The third-order valence-electron chi connectivity index (χ3n) is 7.48. The molecule has 3 aromatic heterocycles. The van der Waals surface area contributed by atoms with Gasteiger partial charge >= 0.3 is 0 Å². The van der Waals surface area contributed by atoms with Crippen LogP contribution in [0.15, 0.2) is 67.1 Å². The van der Waals surface area contributed by atoms with E-state index in [1.165, 1.54) is 0 Å². The number of aromatic amines is 1. The minimum Gasteiger partial charge on any atom is -0.379 e. The molecule has 0 spiro atoms. The number of hydrogen-bond donors (Lipinski definition) is 2. The molecule has 0 aliphatic rings. The van der Waals surface area contributed by atoms with Crippen LogP contribution in [-0.4, -0.2) is 32.6 Å². The standard InChI is InChI=1S/C28H34N6Si/c1-18(2)35(19(3)4,20(5)6)34-14-13-21(17-34)27-31-26-10-8-7-9-24(26)28(32-27)30-23-11-12-25-22(15-23)16-29-33-25/h7-20H,1-6H3,(H,29,33)(H,30,31,32). The zero-order valence-electron chi connectivity index (χ0n) is 21.4. The van der Waals surface area contributed by atoms with E-state index in [1.807, 2.05) is 30.5 Å². The highest BCUT2D eigenvalue weighted by Crippen LogP contribution is 2.43. The van der Waals surface area contributed by atoms with Crippen molar-refractivity contribution in [3.05, 3.63) is 67.1 Å². The van der Waals surface area contributed by atoms with Gasteiger partial charge in [0.05, 0.1) is 17.2 Å². The van der Waals surface area contributed by atoms with Crippen LogP contribution in [0.5, 0.6) is 0 Å². The van der Waals surface area contributed by atoms with E-state index in [0.717, 1.165) is 44.7 Å². The van der Waals surface area contributed by atoms with Gasteiger partial charge in [-0.05, 0) is 59.2 Å². The lowest BCUT2D eigenvalue weighted by Gasteiger charge is -2.44. The number of rotatable bonds is 7. The van der Waals surface area contributed by atoms with Gasteiger partial charge in [-0.25, -0.2) is 9.97 Å². The largest absolute Gasteiger partial charge is 0.379 e. The minimum atomic E-state index is -1.83. The number of H-pyrrole nitrogens is 1. The van der Waals surface area contributed by atoms with E-state index in [0.29, 0.717) is 16.6 Å². The van der Waals surface area contributed by atoms with Gasteiger partial charge in [-0.15, -0.1) is 0 Å². The predicted octanol–water partition coefficient (Wildman–Crippen LogP) is 7.74. The van der Waals surface area contributed by atoms with E-state index in [1.54, 1.807) is 0 Å². The Morgan fingerprint density at radius 3 is 2.37 bits per heavy atom. The summed E-state index contributed by atoms with van der Waals surface area (Å²) in [6.45, 7) is 14.3. The third-order valence-corrected chi connectivity index (χ3v) is 14.2. The molecular weight excluding hydrogens is 448 g/mol. The van der Waals surface area contributed by atoms with Gasteiger partial charge in [-0.1, -0.05) is 53.7 Å². The van der Waals surface area contributed by atoms with Gasteiger partial charge in [-0.2, -0.15) is 5.10 Å². The summed E-state index contributed by atoms with van der Waals surface area (Å²) in [5, 5.41) is 12.7. The molecule has 35 heavy (non-hydrogen) atoms. The molecule has 0 aliphatic carbocycles. The highest BCUT2D eigenvalue weighted by molar-refractivity contribution is 6.82. The van der Waals surface area contributed by atoms with Gasteiger partial charge in [0.15, 0.2) is 14.1 Å². The quantitative estimate of drug-likeness (QED) is 0.233. The number of nitrogens with one attached hydrogen (secondary N) is 2. The van der Waals surface area contributed by atoms with Crippen LogP contribution in [0, 0.1) is 0 Å². The Balaban J connectivity index is 1.60. The number of benzene rings is 2. The van der Waals surface area contributed by atoms with Gasteiger partial charge in [0.25, 0.3) is 0 Å². The Hall–Kier alpha value is -3.45. The van der Waals surface area contributed by atoms with Crippen molar-refractivity contribution in [1.29, 1.82) is 0 Å². The topological polar surface area (TPSA) is 71.4 Å². The van der Waals surface area contributed by atoms with Crippen LogP contribution in [0.2, 0.25) is 16.6 Å². The molecule has 0 bridgehead atoms. The number of fused-ring (bicyclic) bond motifs is 2. The summed E-state index contributed by atoms with van der Waals surface area (Å²) in [5.41, 5.74) is 5.83. The van der Waals surface area contributed by atoms with Crippen LogP contribution < -0.4 is 5.32 Å². The molecule has 2 N–H and O–H groups in total. The Labute approximate surface area is 207 Å². The number of hydrogen-bond acceptors (Lipinski definition) is 4. The molecule has 0 atom stereocenters. The molecule has 0 aliphatic heterocycles. The van der Waals surface area contributed by atoms with Gasteiger partial charge < -0.3 is 9.55 Å². The van der Waals surface area contributed by atoms with Crippen LogP contribution in [0.1, 0.15) is 41.5 Å². The van der Waals surface area contributed by atoms with E-state index >= 15 is 0 Å². The molecule has 6 nitrogen and oxygen atoms in total. The van der Waals surface area contributed by atoms with Crippen molar-refractivity contribution in [3.63, 3.8) is 0 Å². The Morgan fingerprint density at radius 2 is 1.63 bits per heavy atom. The molecule has 0 fully saturated rings. The Bertz CT molecular complexity index is 1460. The van der Waals surface area contributed by atoms with Crippen molar-refractivity contribution in [2.45, 2.75) is 58.2 Å². The van der Waals surface area contributed by atoms with E-state index in [4.69, 9.17) is 9.97 Å². The lowest BCUT2D eigenvalue weighted by molar-refractivity contribution is 0.765. The summed E-state index contributed by atoms with van der Waals surface area (Å²) >= 11 is 0. The van der Waals surface area contributed by atoms with Crippen molar-refractivity contribution in [1.82, 2.24) is 24.4 Å². The van der Waals surface area contributed by atoms with E-state index < -0.39 is 8.24 Å². The molecule has 3 heterocycles. The van der Waals surface area contributed by atoms with E-state index in [9.17, 15) is 0 Å².